The van der Waals surface area contributed by atoms with Crippen LogP contribution in [0.25, 0.3) is 0 Å². The zero-order valence-corrected chi connectivity index (χ0v) is 14.3. The second-order valence-corrected chi connectivity index (χ2v) is 6.38. The van der Waals surface area contributed by atoms with Gasteiger partial charge in [0.05, 0.1) is 27.6 Å². The number of rotatable bonds is 5. The molecule has 0 atom stereocenters. The topological polar surface area (TPSA) is 90.1 Å². The molecule has 0 fully saturated rings. The number of nitrogens with one attached hydrogen (secondary N) is 1. The monoisotopic (exact) mass is 396 g/mol. The quantitative estimate of drug-likeness (QED) is 0.518. The van der Waals surface area contributed by atoms with E-state index in [1.807, 2.05) is 0 Å². The number of anilines is 1. The van der Waals surface area contributed by atoms with Crippen LogP contribution >= 0.6 is 11.3 Å². The van der Waals surface area contributed by atoms with E-state index in [9.17, 15) is 28.1 Å². The van der Waals surface area contributed by atoms with Gasteiger partial charge in [0.25, 0.3) is 5.91 Å². The Morgan fingerprint density at radius 3 is 2.74 bits per heavy atom. The van der Waals surface area contributed by atoms with Crippen molar-refractivity contribution in [1.29, 1.82) is 0 Å². The number of alkyl halides is 3. The van der Waals surface area contributed by atoms with Gasteiger partial charge in [-0.15, -0.1) is 11.3 Å². The second kappa shape index (κ2) is 7.19. The van der Waals surface area contributed by atoms with Crippen LogP contribution in [0.5, 0.6) is 0 Å². The average Bonchev–Trinajstić information content (AvgIpc) is 3.24. The van der Waals surface area contributed by atoms with Gasteiger partial charge in [0.2, 0.25) is 0 Å². The molecule has 0 saturated carbocycles. The third-order valence-corrected chi connectivity index (χ3v) is 4.51. The molecule has 1 aromatic carbocycles. The summed E-state index contributed by atoms with van der Waals surface area (Å²) >= 11 is 1.05. The van der Waals surface area contributed by atoms with Crippen LogP contribution in [0.2, 0.25) is 0 Å². The fraction of sp³-hybridized carbons (Fsp3) is 0.125. The molecule has 3 aromatic rings. The van der Waals surface area contributed by atoms with Crippen LogP contribution < -0.4 is 5.32 Å². The molecule has 2 aromatic heterocycles. The largest absolute Gasteiger partial charge is 0.418 e. The summed E-state index contributed by atoms with van der Waals surface area (Å²) in [6.07, 6.45) is -2.23. The first-order chi connectivity index (χ1) is 12.7. The number of hydrogen-bond acceptors (Lipinski definition) is 5. The Hall–Kier alpha value is -3.21. The molecule has 0 aliphatic heterocycles. The number of hydrogen-bond donors (Lipinski definition) is 1. The molecule has 0 saturated heterocycles. The number of carbonyl (C=O) groups excluding carboxylic acids is 1. The second-order valence-electron chi connectivity index (χ2n) is 5.47. The van der Waals surface area contributed by atoms with E-state index < -0.39 is 22.6 Å². The van der Waals surface area contributed by atoms with E-state index in [0.717, 1.165) is 23.6 Å². The number of halogens is 3. The van der Waals surface area contributed by atoms with Gasteiger partial charge in [0, 0.05) is 0 Å². The molecule has 0 bridgehead atoms. The molecule has 11 heteroatoms. The van der Waals surface area contributed by atoms with Gasteiger partial charge < -0.3 is 5.32 Å². The van der Waals surface area contributed by atoms with E-state index in [2.05, 4.69) is 10.4 Å². The van der Waals surface area contributed by atoms with Crippen LogP contribution in [0, 0.1) is 10.1 Å². The van der Waals surface area contributed by atoms with Gasteiger partial charge >= 0.3 is 11.9 Å². The Balaban J connectivity index is 1.73. The summed E-state index contributed by atoms with van der Waals surface area (Å²) in [6.45, 7) is 0.191. The third kappa shape index (κ3) is 4.31. The van der Waals surface area contributed by atoms with E-state index in [0.29, 0.717) is 5.56 Å². The Bertz CT molecular complexity index is 997. The molecular formula is C16H11F3N4O3S. The Morgan fingerprint density at radius 2 is 2.07 bits per heavy atom. The molecule has 0 aliphatic carbocycles. The van der Waals surface area contributed by atoms with Crippen molar-refractivity contribution in [2.45, 2.75) is 12.7 Å². The van der Waals surface area contributed by atoms with E-state index in [4.69, 9.17) is 0 Å². The van der Waals surface area contributed by atoms with Crippen molar-refractivity contribution < 1.29 is 22.9 Å². The van der Waals surface area contributed by atoms with Crippen molar-refractivity contribution in [3.8, 4) is 0 Å². The molecular weight excluding hydrogens is 385 g/mol. The van der Waals surface area contributed by atoms with E-state index in [1.54, 1.807) is 5.38 Å². The van der Waals surface area contributed by atoms with Crippen LogP contribution in [0.1, 0.15) is 20.8 Å². The number of amides is 1. The summed E-state index contributed by atoms with van der Waals surface area (Å²) in [5.74, 6) is -0.672. The summed E-state index contributed by atoms with van der Waals surface area (Å²) in [5.41, 5.74) is -0.772. The minimum atomic E-state index is -4.58. The van der Waals surface area contributed by atoms with E-state index >= 15 is 0 Å². The molecule has 0 spiro atoms. The number of carbonyl (C=O) groups is 1. The Labute approximate surface area is 154 Å². The van der Waals surface area contributed by atoms with E-state index in [1.165, 1.54) is 35.1 Å². The number of nitro groups is 1. The van der Waals surface area contributed by atoms with Crippen molar-refractivity contribution in [3.63, 3.8) is 0 Å². The highest BCUT2D eigenvalue weighted by Crippen LogP contribution is 2.34. The number of para-hydroxylation sites is 1. The summed E-state index contributed by atoms with van der Waals surface area (Å²) < 4.78 is 40.3. The molecule has 0 radical (unpaired) electrons. The van der Waals surface area contributed by atoms with Gasteiger partial charge in [0.15, 0.2) is 0 Å². The number of benzene rings is 1. The van der Waals surface area contributed by atoms with Crippen LogP contribution in [-0.4, -0.2) is 20.6 Å². The van der Waals surface area contributed by atoms with Gasteiger partial charge in [0.1, 0.15) is 12.4 Å². The lowest BCUT2D eigenvalue weighted by atomic mass is 10.1. The van der Waals surface area contributed by atoms with Crippen molar-refractivity contribution in [2.75, 3.05) is 5.32 Å². The minimum absolute atomic E-state index is 0.160. The standard InChI is InChI=1S/C16H11F3N4O3S/c17-16(18,19)12-3-1-2-4-13(12)21-15(24)14-5-10(9-27-14)7-22-8-11(6-20-22)23(25)26/h1-6,8-9H,7H2,(H,21,24). The fourth-order valence-electron chi connectivity index (χ4n) is 2.32. The van der Waals surface area contributed by atoms with Gasteiger partial charge in [-0.3, -0.25) is 19.6 Å². The molecule has 2 heterocycles. The summed E-state index contributed by atoms with van der Waals surface area (Å²) in [5, 5.41) is 18.4. The molecule has 0 unspecified atom stereocenters. The number of thiophene rings is 1. The average molecular weight is 396 g/mol. The van der Waals surface area contributed by atoms with Crippen molar-refractivity contribution in [1.82, 2.24) is 9.78 Å². The third-order valence-electron chi connectivity index (χ3n) is 3.53. The lowest BCUT2D eigenvalue weighted by Gasteiger charge is -2.12. The predicted molar refractivity (Wildman–Crippen MR) is 91.7 cm³/mol. The van der Waals surface area contributed by atoms with Gasteiger partial charge in [-0.1, -0.05) is 12.1 Å². The maximum atomic E-state index is 13.0. The molecule has 27 heavy (non-hydrogen) atoms. The lowest BCUT2D eigenvalue weighted by Crippen LogP contribution is -2.15. The van der Waals surface area contributed by atoms with E-state index in [-0.39, 0.29) is 22.8 Å². The van der Waals surface area contributed by atoms with Crippen molar-refractivity contribution >= 4 is 28.6 Å². The Kier molecular flexibility index (Phi) is 4.95. The molecule has 140 valence electrons. The van der Waals surface area contributed by atoms with Crippen LogP contribution in [0.4, 0.5) is 24.5 Å². The lowest BCUT2D eigenvalue weighted by molar-refractivity contribution is -0.385. The fourth-order valence-corrected chi connectivity index (χ4v) is 3.12. The van der Waals surface area contributed by atoms with Crippen molar-refractivity contribution in [3.05, 3.63) is 74.2 Å². The molecule has 0 aliphatic rings. The smallest absolute Gasteiger partial charge is 0.321 e. The summed E-state index contributed by atoms with van der Waals surface area (Å²) in [4.78, 5) is 22.6. The summed E-state index contributed by atoms with van der Waals surface area (Å²) in [6, 6.07) is 6.21. The highest BCUT2D eigenvalue weighted by molar-refractivity contribution is 7.12. The first kappa shape index (κ1) is 18.6. The molecule has 1 amide bonds. The van der Waals surface area contributed by atoms with Crippen LogP contribution in [0.15, 0.2) is 48.1 Å². The molecule has 1 N–H and O–H groups in total. The number of aromatic nitrogens is 2. The zero-order valence-electron chi connectivity index (χ0n) is 13.4. The normalized spacial score (nSPS) is 11.4. The van der Waals surface area contributed by atoms with Crippen molar-refractivity contribution in [2.24, 2.45) is 0 Å². The first-order valence-corrected chi connectivity index (χ1v) is 8.34. The molecule has 7 nitrogen and oxygen atoms in total. The highest BCUT2D eigenvalue weighted by Gasteiger charge is 2.33. The Morgan fingerprint density at radius 1 is 1.33 bits per heavy atom. The SMILES string of the molecule is O=C(Nc1ccccc1C(F)(F)F)c1cc(Cn2cc([N+](=O)[O-])cn2)cs1. The van der Waals surface area contributed by atoms with Crippen LogP contribution in [0.3, 0.4) is 0 Å². The number of nitrogens with zero attached hydrogens (tertiary/aromatic N) is 3. The molecule has 3 rings (SSSR count). The van der Waals surface area contributed by atoms with Gasteiger partial charge in [-0.2, -0.15) is 18.3 Å². The maximum Gasteiger partial charge on any atom is 0.418 e. The van der Waals surface area contributed by atoms with Crippen LogP contribution in [-0.2, 0) is 12.7 Å². The summed E-state index contributed by atoms with van der Waals surface area (Å²) in [7, 11) is 0. The van der Waals surface area contributed by atoms with Gasteiger partial charge in [-0.25, -0.2) is 0 Å². The first-order valence-electron chi connectivity index (χ1n) is 7.46. The predicted octanol–water partition coefficient (Wildman–Crippen LogP) is 4.17. The highest BCUT2D eigenvalue weighted by atomic mass is 32.1. The maximum absolute atomic E-state index is 13.0. The zero-order chi connectivity index (χ0) is 19.6. The van der Waals surface area contributed by atoms with Gasteiger partial charge in [-0.05, 0) is 29.1 Å². The minimum Gasteiger partial charge on any atom is -0.321 e.